The molecule has 1 heterocycles. The second-order valence-corrected chi connectivity index (χ2v) is 5.45. The molecule has 2 aliphatic rings. The highest BCUT2D eigenvalue weighted by atomic mass is 16.5. The van der Waals surface area contributed by atoms with E-state index in [-0.39, 0.29) is 11.0 Å². The van der Waals surface area contributed by atoms with E-state index in [1.807, 2.05) is 0 Å². The van der Waals surface area contributed by atoms with E-state index in [0.29, 0.717) is 6.54 Å². The summed E-state index contributed by atoms with van der Waals surface area (Å²) in [5, 5.41) is 0. The molecule has 0 radical (unpaired) electrons. The third-order valence-electron chi connectivity index (χ3n) is 4.17. The average Bonchev–Trinajstić information content (AvgIpc) is 2.90. The molecule has 0 aromatic heterocycles. The normalized spacial score (nSPS) is 36.6. The molecule has 0 spiro atoms. The highest BCUT2D eigenvalue weighted by molar-refractivity contribution is 5.08. The van der Waals surface area contributed by atoms with Crippen LogP contribution in [0.1, 0.15) is 26.7 Å². The molecule has 1 saturated heterocycles. The maximum atomic E-state index is 5.99. The lowest BCUT2D eigenvalue weighted by atomic mass is 9.73. The molecule has 1 atom stereocenters. The molecule has 0 aromatic carbocycles. The molecule has 1 aliphatic heterocycles. The third kappa shape index (κ3) is 1.30. The van der Waals surface area contributed by atoms with Gasteiger partial charge in [-0.25, -0.2) is 0 Å². The zero-order valence-electron chi connectivity index (χ0n) is 9.55. The molecule has 3 nitrogen and oxygen atoms in total. The molecule has 1 unspecified atom stereocenters. The molecule has 3 heteroatoms. The lowest BCUT2D eigenvalue weighted by molar-refractivity contribution is 0.0387. The summed E-state index contributed by atoms with van der Waals surface area (Å²) < 4.78 is 5.64. The van der Waals surface area contributed by atoms with Crippen molar-refractivity contribution in [3.63, 3.8) is 0 Å². The van der Waals surface area contributed by atoms with Gasteiger partial charge in [-0.3, -0.25) is 4.90 Å². The number of hydrogen-bond donors (Lipinski definition) is 1. The first-order valence-electron chi connectivity index (χ1n) is 5.54. The Morgan fingerprint density at radius 2 is 2.00 bits per heavy atom. The van der Waals surface area contributed by atoms with Gasteiger partial charge in [-0.1, -0.05) is 13.8 Å². The first-order chi connectivity index (χ1) is 6.53. The van der Waals surface area contributed by atoms with Gasteiger partial charge in [-0.2, -0.15) is 0 Å². The fourth-order valence-electron chi connectivity index (χ4n) is 2.67. The molecular formula is C11H22N2O. The van der Waals surface area contributed by atoms with E-state index >= 15 is 0 Å². The van der Waals surface area contributed by atoms with Crippen molar-refractivity contribution >= 4 is 0 Å². The minimum atomic E-state index is 0.0637. The molecule has 2 fully saturated rings. The molecule has 14 heavy (non-hydrogen) atoms. The first-order valence-corrected chi connectivity index (χ1v) is 5.54. The summed E-state index contributed by atoms with van der Waals surface area (Å²) in [6.45, 7) is 6.87. The van der Waals surface area contributed by atoms with Crippen molar-refractivity contribution in [2.24, 2.45) is 11.1 Å². The quantitative estimate of drug-likeness (QED) is 0.730. The van der Waals surface area contributed by atoms with Crippen LogP contribution in [0, 0.1) is 5.41 Å². The van der Waals surface area contributed by atoms with E-state index in [2.05, 4.69) is 25.8 Å². The maximum absolute atomic E-state index is 5.99. The lowest BCUT2D eigenvalue weighted by Crippen LogP contribution is -2.61. The molecular weight excluding hydrogens is 176 g/mol. The van der Waals surface area contributed by atoms with E-state index in [9.17, 15) is 0 Å². The van der Waals surface area contributed by atoms with Gasteiger partial charge in [0.2, 0.25) is 0 Å². The fourth-order valence-corrected chi connectivity index (χ4v) is 2.67. The first kappa shape index (κ1) is 10.4. The van der Waals surface area contributed by atoms with Crippen molar-refractivity contribution in [2.45, 2.75) is 38.3 Å². The zero-order chi connectivity index (χ0) is 10.4. The van der Waals surface area contributed by atoms with Gasteiger partial charge in [0, 0.05) is 18.0 Å². The van der Waals surface area contributed by atoms with Gasteiger partial charge in [0.15, 0.2) is 0 Å². The van der Waals surface area contributed by atoms with Crippen LogP contribution in [0.3, 0.4) is 0 Å². The minimum absolute atomic E-state index is 0.0637. The third-order valence-corrected chi connectivity index (χ3v) is 4.17. The minimum Gasteiger partial charge on any atom is -0.379 e. The summed E-state index contributed by atoms with van der Waals surface area (Å²) in [6, 6.07) is 0.750. The van der Waals surface area contributed by atoms with Crippen LogP contribution in [0.2, 0.25) is 0 Å². The maximum Gasteiger partial charge on any atom is 0.0669 e. The zero-order valence-corrected chi connectivity index (χ0v) is 9.55. The van der Waals surface area contributed by atoms with Crippen molar-refractivity contribution in [3.05, 3.63) is 0 Å². The van der Waals surface area contributed by atoms with Gasteiger partial charge in [-0.15, -0.1) is 0 Å². The molecule has 0 bridgehead atoms. The van der Waals surface area contributed by atoms with E-state index in [0.717, 1.165) is 19.3 Å². The van der Waals surface area contributed by atoms with Crippen molar-refractivity contribution in [3.8, 4) is 0 Å². The predicted molar refractivity (Wildman–Crippen MR) is 57.2 cm³/mol. The van der Waals surface area contributed by atoms with Gasteiger partial charge in [0.05, 0.1) is 18.8 Å². The fraction of sp³-hybridized carbons (Fsp3) is 1.00. The van der Waals surface area contributed by atoms with Crippen molar-refractivity contribution in [1.29, 1.82) is 0 Å². The smallest absolute Gasteiger partial charge is 0.0669 e. The van der Waals surface area contributed by atoms with Crippen LogP contribution in [0.15, 0.2) is 0 Å². The van der Waals surface area contributed by atoms with E-state index in [1.54, 1.807) is 0 Å². The number of ether oxygens (including phenoxy) is 1. The highest BCUT2D eigenvalue weighted by Crippen LogP contribution is 2.44. The topological polar surface area (TPSA) is 38.5 Å². The van der Waals surface area contributed by atoms with Gasteiger partial charge in [0.25, 0.3) is 0 Å². The lowest BCUT2D eigenvalue weighted by Gasteiger charge is -2.46. The highest BCUT2D eigenvalue weighted by Gasteiger charge is 2.54. The van der Waals surface area contributed by atoms with Gasteiger partial charge in [-0.05, 0) is 19.9 Å². The predicted octanol–water partition coefficient (Wildman–Crippen LogP) is 0.834. The van der Waals surface area contributed by atoms with Gasteiger partial charge < -0.3 is 10.5 Å². The van der Waals surface area contributed by atoms with Crippen LogP contribution in [0.25, 0.3) is 0 Å². The molecule has 2 rings (SSSR count). The van der Waals surface area contributed by atoms with Gasteiger partial charge >= 0.3 is 0 Å². The van der Waals surface area contributed by atoms with Crippen LogP contribution in [0.5, 0.6) is 0 Å². The Bertz CT molecular complexity index is 225. The Morgan fingerprint density at radius 3 is 2.36 bits per heavy atom. The molecule has 1 saturated carbocycles. The number of nitrogens with two attached hydrogens (primary N) is 1. The summed E-state index contributed by atoms with van der Waals surface area (Å²) >= 11 is 0. The summed E-state index contributed by atoms with van der Waals surface area (Å²) in [4.78, 5) is 2.47. The number of rotatable bonds is 3. The molecule has 82 valence electrons. The number of nitrogens with zero attached hydrogens (tertiary/aromatic N) is 1. The Morgan fingerprint density at radius 1 is 1.36 bits per heavy atom. The molecule has 0 amide bonds. The number of hydrogen-bond acceptors (Lipinski definition) is 3. The van der Waals surface area contributed by atoms with Crippen LogP contribution < -0.4 is 5.73 Å². The second kappa shape index (κ2) is 3.19. The summed E-state index contributed by atoms with van der Waals surface area (Å²) in [6.07, 6.45) is 2.66. The second-order valence-electron chi connectivity index (χ2n) is 5.45. The average molecular weight is 198 g/mol. The summed E-state index contributed by atoms with van der Waals surface area (Å²) in [5.74, 6) is 0. The van der Waals surface area contributed by atoms with Crippen molar-refractivity contribution in [2.75, 3.05) is 26.8 Å². The van der Waals surface area contributed by atoms with Gasteiger partial charge in [0.1, 0.15) is 0 Å². The van der Waals surface area contributed by atoms with E-state index in [4.69, 9.17) is 10.5 Å². The summed E-state index contributed by atoms with van der Waals surface area (Å²) in [7, 11) is 2.21. The Hall–Kier alpha value is -0.120. The van der Waals surface area contributed by atoms with Crippen LogP contribution >= 0.6 is 0 Å². The summed E-state index contributed by atoms with van der Waals surface area (Å²) in [5.41, 5.74) is 6.23. The number of likely N-dealkylation sites (N-methyl/N-ethyl adjacent to an activating group) is 1. The van der Waals surface area contributed by atoms with Crippen LogP contribution in [0.4, 0.5) is 0 Å². The largest absolute Gasteiger partial charge is 0.379 e. The van der Waals surface area contributed by atoms with Crippen LogP contribution in [-0.2, 0) is 4.74 Å². The van der Waals surface area contributed by atoms with Crippen molar-refractivity contribution < 1.29 is 4.74 Å². The Kier molecular flexibility index (Phi) is 2.37. The molecule has 1 aliphatic carbocycles. The van der Waals surface area contributed by atoms with Crippen molar-refractivity contribution in [1.82, 2.24) is 4.90 Å². The monoisotopic (exact) mass is 198 g/mol. The molecule has 2 N–H and O–H groups in total. The standard InChI is InChI=1S/C11H22N2O/c1-10(2)7-14-8-11(10,6-12)13(3)9-4-5-9/h9H,4-8,12H2,1-3H3. The van der Waals surface area contributed by atoms with E-state index < -0.39 is 0 Å². The van der Waals surface area contributed by atoms with Crippen LogP contribution in [-0.4, -0.2) is 43.3 Å². The molecule has 0 aromatic rings. The Balaban J connectivity index is 2.22. The van der Waals surface area contributed by atoms with E-state index in [1.165, 1.54) is 12.8 Å². The SMILES string of the molecule is CN(C1CC1)C1(CN)COCC1(C)C. The Labute approximate surface area is 86.6 Å².